The molecule has 0 saturated carbocycles. The smallest absolute Gasteiger partial charge is 0.251 e. The van der Waals surface area contributed by atoms with Crippen LogP contribution in [0.2, 0.25) is 0 Å². The number of amides is 2. The van der Waals surface area contributed by atoms with E-state index in [1.807, 2.05) is 26.0 Å². The summed E-state index contributed by atoms with van der Waals surface area (Å²) in [6.07, 6.45) is 0.181. The van der Waals surface area contributed by atoms with Gasteiger partial charge in [0, 0.05) is 25.1 Å². The molecular weight excluding hydrogens is 316 g/mol. The zero-order chi connectivity index (χ0) is 19.3. The highest BCUT2D eigenvalue weighted by Gasteiger charge is 2.25. The Morgan fingerprint density at radius 1 is 1.04 bits per heavy atom. The second kappa shape index (κ2) is 8.48. The summed E-state index contributed by atoms with van der Waals surface area (Å²) in [7, 11) is 0. The maximum absolute atomic E-state index is 12.1. The van der Waals surface area contributed by atoms with Crippen molar-refractivity contribution >= 4 is 11.8 Å². The molecule has 1 unspecified atom stereocenters. The predicted octanol–water partition coefficient (Wildman–Crippen LogP) is 2.63. The van der Waals surface area contributed by atoms with Gasteiger partial charge in [0.2, 0.25) is 5.91 Å². The molecule has 2 amide bonds. The number of hydrogen-bond acceptors (Lipinski definition) is 3. The maximum Gasteiger partial charge on any atom is 0.251 e. The molecule has 0 radical (unpaired) electrons. The molecule has 5 nitrogen and oxygen atoms in total. The van der Waals surface area contributed by atoms with E-state index in [9.17, 15) is 14.7 Å². The Hall–Kier alpha value is -1.88. The second-order valence-corrected chi connectivity index (χ2v) is 8.12. The van der Waals surface area contributed by atoms with Crippen LogP contribution in [0.5, 0.6) is 0 Å². The van der Waals surface area contributed by atoms with E-state index in [-0.39, 0.29) is 42.7 Å². The molecule has 25 heavy (non-hydrogen) atoms. The van der Waals surface area contributed by atoms with Crippen LogP contribution in [0, 0.1) is 5.92 Å². The van der Waals surface area contributed by atoms with E-state index in [2.05, 4.69) is 31.4 Å². The zero-order valence-electron chi connectivity index (χ0n) is 16.3. The number of carbonyl (C=O) groups is 2. The molecule has 1 rings (SSSR count). The summed E-state index contributed by atoms with van der Waals surface area (Å²) in [5, 5.41) is 15.5. The van der Waals surface area contributed by atoms with Crippen LogP contribution < -0.4 is 10.6 Å². The molecule has 1 aromatic rings. The molecule has 5 heteroatoms. The van der Waals surface area contributed by atoms with Crippen LogP contribution in [0.1, 0.15) is 63.9 Å². The minimum absolute atomic E-state index is 0.0450. The van der Waals surface area contributed by atoms with Crippen LogP contribution in [0.4, 0.5) is 0 Å². The Balaban J connectivity index is 2.41. The van der Waals surface area contributed by atoms with Crippen molar-refractivity contribution in [2.24, 2.45) is 5.92 Å². The Labute approximate surface area is 151 Å². The summed E-state index contributed by atoms with van der Waals surface area (Å²) in [5.41, 5.74) is 0.856. The molecule has 1 aromatic carbocycles. The van der Waals surface area contributed by atoms with Gasteiger partial charge in [-0.15, -0.1) is 0 Å². The van der Waals surface area contributed by atoms with E-state index in [0.29, 0.717) is 5.56 Å². The van der Waals surface area contributed by atoms with Gasteiger partial charge in [0.1, 0.15) is 0 Å². The Morgan fingerprint density at radius 2 is 1.60 bits per heavy atom. The van der Waals surface area contributed by atoms with Crippen molar-refractivity contribution in [1.82, 2.24) is 10.6 Å². The van der Waals surface area contributed by atoms with Gasteiger partial charge in [-0.3, -0.25) is 9.59 Å². The largest absolute Gasteiger partial charge is 0.388 e. The summed E-state index contributed by atoms with van der Waals surface area (Å²) in [4.78, 5) is 23.9. The monoisotopic (exact) mass is 348 g/mol. The summed E-state index contributed by atoms with van der Waals surface area (Å²) in [6.45, 7) is 12.3. The lowest BCUT2D eigenvalue weighted by Crippen LogP contribution is -2.44. The Kier molecular flexibility index (Phi) is 7.17. The first-order valence-electron chi connectivity index (χ1n) is 8.81. The van der Waals surface area contributed by atoms with E-state index in [1.54, 1.807) is 19.1 Å². The number of carbonyl (C=O) groups excluding carboxylic acids is 2. The van der Waals surface area contributed by atoms with Crippen molar-refractivity contribution in [3.63, 3.8) is 0 Å². The zero-order valence-corrected chi connectivity index (χ0v) is 16.3. The fraction of sp³-hybridized carbons (Fsp3) is 0.600. The first-order chi connectivity index (χ1) is 11.4. The van der Waals surface area contributed by atoms with E-state index < -0.39 is 5.60 Å². The average Bonchev–Trinajstić information content (AvgIpc) is 2.52. The van der Waals surface area contributed by atoms with Crippen LogP contribution in [0.3, 0.4) is 0 Å². The predicted molar refractivity (Wildman–Crippen MR) is 101 cm³/mol. The van der Waals surface area contributed by atoms with Gasteiger partial charge in [-0.2, -0.15) is 0 Å². The van der Waals surface area contributed by atoms with Gasteiger partial charge in [0.15, 0.2) is 0 Å². The fourth-order valence-corrected chi connectivity index (χ4v) is 2.08. The highest BCUT2D eigenvalue weighted by Crippen LogP contribution is 2.22. The molecule has 0 bridgehead atoms. The highest BCUT2D eigenvalue weighted by molar-refractivity contribution is 5.94. The third-order valence-corrected chi connectivity index (χ3v) is 4.54. The molecule has 0 heterocycles. The van der Waals surface area contributed by atoms with E-state index in [4.69, 9.17) is 0 Å². The van der Waals surface area contributed by atoms with Gasteiger partial charge in [0.25, 0.3) is 5.91 Å². The summed E-state index contributed by atoms with van der Waals surface area (Å²) >= 11 is 0. The third kappa shape index (κ3) is 6.86. The molecule has 0 spiro atoms. The standard InChI is InChI=1S/C20H32N2O3/c1-14(2)20(6,25)13-22-17(23)11-12-21-18(24)15-7-9-16(10-8-15)19(3,4)5/h7-10,14,25H,11-13H2,1-6H3,(H,21,24)(H,22,23). The number of rotatable bonds is 7. The molecule has 140 valence electrons. The third-order valence-electron chi connectivity index (χ3n) is 4.54. The molecule has 0 aliphatic carbocycles. The van der Waals surface area contributed by atoms with Crippen molar-refractivity contribution < 1.29 is 14.7 Å². The number of aliphatic hydroxyl groups is 1. The first-order valence-corrected chi connectivity index (χ1v) is 8.81. The minimum Gasteiger partial charge on any atom is -0.388 e. The molecule has 0 aliphatic rings. The number of hydrogen-bond donors (Lipinski definition) is 3. The molecule has 3 N–H and O–H groups in total. The van der Waals surface area contributed by atoms with E-state index in [0.717, 1.165) is 0 Å². The van der Waals surface area contributed by atoms with Crippen molar-refractivity contribution in [1.29, 1.82) is 0 Å². The van der Waals surface area contributed by atoms with Gasteiger partial charge in [-0.05, 0) is 36.0 Å². The molecule has 0 aliphatic heterocycles. The van der Waals surface area contributed by atoms with Gasteiger partial charge in [-0.25, -0.2) is 0 Å². The molecular formula is C20H32N2O3. The van der Waals surface area contributed by atoms with E-state index >= 15 is 0 Å². The lowest BCUT2D eigenvalue weighted by molar-refractivity contribution is -0.122. The normalized spacial score (nSPS) is 14.1. The van der Waals surface area contributed by atoms with Gasteiger partial charge >= 0.3 is 0 Å². The SMILES string of the molecule is CC(C)C(C)(O)CNC(=O)CCNC(=O)c1ccc(C(C)(C)C)cc1. The highest BCUT2D eigenvalue weighted by atomic mass is 16.3. The lowest BCUT2D eigenvalue weighted by atomic mass is 9.87. The molecule has 1 atom stereocenters. The number of benzene rings is 1. The topological polar surface area (TPSA) is 78.4 Å². The second-order valence-electron chi connectivity index (χ2n) is 8.12. The van der Waals surface area contributed by atoms with Crippen molar-refractivity contribution in [2.45, 2.75) is 59.0 Å². The summed E-state index contributed by atoms with van der Waals surface area (Å²) in [5.74, 6) is -0.338. The van der Waals surface area contributed by atoms with Crippen LogP contribution in [0.15, 0.2) is 24.3 Å². The van der Waals surface area contributed by atoms with Crippen molar-refractivity contribution in [3.05, 3.63) is 35.4 Å². The van der Waals surface area contributed by atoms with Gasteiger partial charge < -0.3 is 15.7 Å². The maximum atomic E-state index is 12.1. The van der Waals surface area contributed by atoms with Crippen molar-refractivity contribution in [2.75, 3.05) is 13.1 Å². The molecule has 0 saturated heterocycles. The van der Waals surface area contributed by atoms with Crippen molar-refractivity contribution in [3.8, 4) is 0 Å². The molecule has 0 aromatic heterocycles. The van der Waals surface area contributed by atoms with Crippen LogP contribution in [-0.4, -0.2) is 35.6 Å². The summed E-state index contributed by atoms with van der Waals surface area (Å²) < 4.78 is 0. The van der Waals surface area contributed by atoms with Crippen LogP contribution in [-0.2, 0) is 10.2 Å². The minimum atomic E-state index is -0.937. The van der Waals surface area contributed by atoms with Crippen LogP contribution in [0.25, 0.3) is 0 Å². The van der Waals surface area contributed by atoms with Gasteiger partial charge in [-0.1, -0.05) is 46.8 Å². The molecule has 0 fully saturated rings. The summed E-state index contributed by atoms with van der Waals surface area (Å²) in [6, 6.07) is 7.51. The first kappa shape index (κ1) is 21.2. The fourth-order valence-electron chi connectivity index (χ4n) is 2.08. The Morgan fingerprint density at radius 3 is 2.08 bits per heavy atom. The number of nitrogens with one attached hydrogen (secondary N) is 2. The average molecular weight is 348 g/mol. The quantitative estimate of drug-likeness (QED) is 0.709. The lowest BCUT2D eigenvalue weighted by Gasteiger charge is -2.27. The van der Waals surface area contributed by atoms with Crippen LogP contribution >= 0.6 is 0 Å². The van der Waals surface area contributed by atoms with E-state index in [1.165, 1.54) is 5.56 Å². The van der Waals surface area contributed by atoms with Gasteiger partial charge in [0.05, 0.1) is 5.60 Å². The Bertz CT molecular complexity index is 584.